The predicted octanol–water partition coefficient (Wildman–Crippen LogP) is 4.18. The summed E-state index contributed by atoms with van der Waals surface area (Å²) in [4.78, 5) is 15.1. The topological polar surface area (TPSA) is 40.6 Å². The number of halogens is 1. The van der Waals surface area contributed by atoms with Gasteiger partial charge in [-0.1, -0.05) is 37.6 Å². The molecule has 2 aliphatic rings. The first-order valence-electron chi connectivity index (χ1n) is 9.61. The van der Waals surface area contributed by atoms with Gasteiger partial charge >= 0.3 is 0 Å². The lowest BCUT2D eigenvalue weighted by Crippen LogP contribution is -2.52. The molecule has 1 heterocycles. The molecule has 1 aliphatic carbocycles. The fraction of sp³-hybridized carbons (Fsp3) is 0.650. The van der Waals surface area contributed by atoms with Gasteiger partial charge in [-0.15, -0.1) is 0 Å². The Bertz CT molecular complexity index is 662. The molecule has 4 atom stereocenters. The Morgan fingerprint density at radius 3 is 2.46 bits per heavy atom. The molecule has 0 bridgehead atoms. The number of nitrogens with zero attached hydrogens (tertiary/aromatic N) is 2. The zero-order valence-electron chi connectivity index (χ0n) is 15.9. The molecule has 3 unspecified atom stereocenters. The summed E-state index contributed by atoms with van der Waals surface area (Å²) in [5, 5.41) is 1.03. The van der Waals surface area contributed by atoms with Crippen LogP contribution in [0.15, 0.2) is 24.3 Å². The first-order valence-corrected chi connectivity index (χ1v) is 11.2. The van der Waals surface area contributed by atoms with Gasteiger partial charge in [0.05, 0.1) is 17.0 Å². The van der Waals surface area contributed by atoms with Gasteiger partial charge in [-0.3, -0.25) is 4.79 Å². The summed E-state index contributed by atoms with van der Waals surface area (Å²) < 4.78 is 14.4. The third kappa shape index (κ3) is 4.32. The Hall–Kier alpha value is -0.910. The molecule has 1 aromatic rings. The molecular formula is C20H29ClN2O2S. The molecule has 1 amide bonds. The monoisotopic (exact) mass is 396 g/mol. The van der Waals surface area contributed by atoms with Crippen LogP contribution in [0, 0.1) is 5.92 Å². The van der Waals surface area contributed by atoms with Crippen molar-refractivity contribution in [1.82, 2.24) is 9.21 Å². The van der Waals surface area contributed by atoms with Gasteiger partial charge in [0.15, 0.2) is 0 Å². The zero-order valence-corrected chi connectivity index (χ0v) is 17.4. The van der Waals surface area contributed by atoms with Crippen LogP contribution < -0.4 is 0 Å². The van der Waals surface area contributed by atoms with Crippen LogP contribution in [0.3, 0.4) is 0 Å². The van der Waals surface area contributed by atoms with Crippen molar-refractivity contribution in [1.29, 1.82) is 0 Å². The summed E-state index contributed by atoms with van der Waals surface area (Å²) in [5.41, 5.74) is 1.14. The highest BCUT2D eigenvalue weighted by molar-refractivity contribution is 7.83. The normalized spacial score (nSPS) is 26.2. The van der Waals surface area contributed by atoms with Crippen LogP contribution in [0.2, 0.25) is 5.02 Å². The van der Waals surface area contributed by atoms with Crippen molar-refractivity contribution in [3.63, 3.8) is 0 Å². The Morgan fingerprint density at radius 1 is 1.23 bits per heavy atom. The van der Waals surface area contributed by atoms with E-state index in [9.17, 15) is 9.00 Å². The predicted molar refractivity (Wildman–Crippen MR) is 107 cm³/mol. The van der Waals surface area contributed by atoms with Crippen LogP contribution in [0.5, 0.6) is 0 Å². The van der Waals surface area contributed by atoms with Crippen LogP contribution >= 0.6 is 11.6 Å². The van der Waals surface area contributed by atoms with Crippen molar-refractivity contribution in [2.75, 3.05) is 13.6 Å². The summed E-state index contributed by atoms with van der Waals surface area (Å²) in [6, 6.07) is 7.99. The van der Waals surface area contributed by atoms with Gasteiger partial charge in [0, 0.05) is 28.8 Å². The van der Waals surface area contributed by atoms with Crippen molar-refractivity contribution in [2.45, 2.75) is 63.3 Å². The van der Waals surface area contributed by atoms with E-state index in [1.165, 1.54) is 0 Å². The second kappa shape index (κ2) is 8.41. The molecular weight excluding hydrogens is 368 g/mol. The highest BCUT2D eigenvalue weighted by Gasteiger charge is 2.39. The SMILES string of the molecule is CCC(CN(C)S(=O)C1CC1)N1C(=O)C(C)CC[C@H]1c1ccc(Cl)cc1. The summed E-state index contributed by atoms with van der Waals surface area (Å²) >= 11 is 6.05. The highest BCUT2D eigenvalue weighted by Crippen LogP contribution is 2.37. The van der Waals surface area contributed by atoms with Gasteiger partial charge in [-0.25, -0.2) is 8.51 Å². The molecule has 3 rings (SSSR count). The van der Waals surface area contributed by atoms with E-state index < -0.39 is 11.0 Å². The minimum absolute atomic E-state index is 0.0480. The second-order valence-electron chi connectivity index (χ2n) is 7.64. The number of benzene rings is 1. The molecule has 1 saturated carbocycles. The molecule has 0 radical (unpaired) electrons. The number of carbonyl (C=O) groups is 1. The van der Waals surface area contributed by atoms with Gasteiger partial charge in [0.25, 0.3) is 0 Å². The molecule has 2 fully saturated rings. The smallest absolute Gasteiger partial charge is 0.226 e. The number of hydrogen-bond donors (Lipinski definition) is 0. The number of piperidine rings is 1. The molecule has 0 N–H and O–H groups in total. The van der Waals surface area contributed by atoms with Crippen LogP contribution in [-0.4, -0.2) is 44.2 Å². The lowest BCUT2D eigenvalue weighted by atomic mass is 9.87. The van der Waals surface area contributed by atoms with E-state index in [0.29, 0.717) is 16.8 Å². The average Bonchev–Trinajstić information content (AvgIpc) is 3.47. The third-order valence-electron chi connectivity index (χ3n) is 5.59. The number of rotatable bonds is 7. The van der Waals surface area contributed by atoms with Gasteiger partial charge in [-0.2, -0.15) is 0 Å². The zero-order chi connectivity index (χ0) is 18.8. The lowest BCUT2D eigenvalue weighted by molar-refractivity contribution is -0.145. The maximum atomic E-state index is 13.1. The first kappa shape index (κ1) is 19.8. The maximum absolute atomic E-state index is 13.1. The summed E-state index contributed by atoms with van der Waals surface area (Å²) in [5.74, 6) is 0.264. The minimum atomic E-state index is -0.933. The molecule has 4 nitrogen and oxygen atoms in total. The number of likely N-dealkylation sites (tertiary alicyclic amines) is 1. The fourth-order valence-electron chi connectivity index (χ4n) is 3.83. The first-order chi connectivity index (χ1) is 12.4. The number of hydrogen-bond acceptors (Lipinski definition) is 2. The van der Waals surface area contributed by atoms with E-state index >= 15 is 0 Å². The Morgan fingerprint density at radius 2 is 1.88 bits per heavy atom. The lowest BCUT2D eigenvalue weighted by Gasteiger charge is -2.44. The third-order valence-corrected chi connectivity index (χ3v) is 7.65. The minimum Gasteiger partial charge on any atom is -0.331 e. The molecule has 0 aromatic heterocycles. The van der Waals surface area contributed by atoms with Crippen molar-refractivity contribution in [2.24, 2.45) is 5.92 Å². The quantitative estimate of drug-likeness (QED) is 0.693. The van der Waals surface area contributed by atoms with E-state index in [4.69, 9.17) is 11.6 Å². The fourth-order valence-corrected chi connectivity index (χ4v) is 5.33. The second-order valence-corrected chi connectivity index (χ2v) is 9.92. The van der Waals surface area contributed by atoms with E-state index in [0.717, 1.165) is 37.7 Å². The Balaban J connectivity index is 1.82. The van der Waals surface area contributed by atoms with Crippen molar-refractivity contribution in [3.8, 4) is 0 Å². The van der Waals surface area contributed by atoms with Crippen LogP contribution in [0.1, 0.15) is 57.6 Å². The van der Waals surface area contributed by atoms with Gasteiger partial charge in [0.2, 0.25) is 5.91 Å². The van der Waals surface area contributed by atoms with Gasteiger partial charge < -0.3 is 4.90 Å². The van der Waals surface area contributed by atoms with E-state index in [1.807, 2.05) is 42.5 Å². The molecule has 1 aliphatic heterocycles. The van der Waals surface area contributed by atoms with Crippen molar-refractivity contribution < 1.29 is 9.00 Å². The highest BCUT2D eigenvalue weighted by atomic mass is 35.5. The molecule has 0 spiro atoms. The Kier molecular flexibility index (Phi) is 6.41. The Labute approximate surface area is 164 Å². The van der Waals surface area contributed by atoms with Gasteiger partial charge in [-0.05, 0) is 56.8 Å². The van der Waals surface area contributed by atoms with Crippen LogP contribution in [0.25, 0.3) is 0 Å². The van der Waals surface area contributed by atoms with Crippen molar-refractivity contribution >= 4 is 28.5 Å². The van der Waals surface area contributed by atoms with E-state index in [1.54, 1.807) is 0 Å². The standard InChI is InChI=1S/C20H29ClN2O2S/c1-4-17(13-22(3)26(25)18-10-11-18)23-19(12-5-14(2)20(23)24)15-6-8-16(21)9-7-15/h6-9,14,17-19H,4-5,10-13H2,1-3H3/t14?,17?,19-,26?/m0/s1. The van der Waals surface area contributed by atoms with E-state index in [2.05, 4.69) is 11.8 Å². The molecule has 144 valence electrons. The molecule has 6 heteroatoms. The molecule has 1 saturated heterocycles. The average molecular weight is 397 g/mol. The van der Waals surface area contributed by atoms with Crippen LogP contribution in [0.4, 0.5) is 0 Å². The summed E-state index contributed by atoms with van der Waals surface area (Å²) in [7, 11) is 0.990. The van der Waals surface area contributed by atoms with Crippen molar-refractivity contribution in [3.05, 3.63) is 34.9 Å². The molecule has 26 heavy (non-hydrogen) atoms. The van der Waals surface area contributed by atoms with E-state index in [-0.39, 0.29) is 23.9 Å². The number of amides is 1. The summed E-state index contributed by atoms with van der Waals surface area (Å²) in [6.07, 6.45) is 4.83. The van der Waals surface area contributed by atoms with Gasteiger partial charge in [0.1, 0.15) is 0 Å². The number of likely N-dealkylation sites (N-methyl/N-ethyl adjacent to an activating group) is 1. The maximum Gasteiger partial charge on any atom is 0.226 e. The van der Waals surface area contributed by atoms with Crippen LogP contribution in [-0.2, 0) is 15.8 Å². The summed E-state index contributed by atoms with van der Waals surface area (Å²) in [6.45, 7) is 4.79. The largest absolute Gasteiger partial charge is 0.331 e. The molecule has 1 aromatic carbocycles. The number of carbonyl (C=O) groups excluding carboxylic acids is 1.